The van der Waals surface area contributed by atoms with Crippen LogP contribution < -0.4 is 10.6 Å². The van der Waals surface area contributed by atoms with E-state index in [1.165, 1.54) is 36.4 Å². The van der Waals surface area contributed by atoms with E-state index >= 15 is 0 Å². The van der Waals surface area contributed by atoms with Gasteiger partial charge in [0.1, 0.15) is 28.5 Å². The third-order valence-electron chi connectivity index (χ3n) is 4.93. The number of aryl methyl sites for hydroxylation is 1. The lowest BCUT2D eigenvalue weighted by Gasteiger charge is -2.06. The van der Waals surface area contributed by atoms with E-state index in [0.717, 1.165) is 0 Å². The Hall–Kier alpha value is -3.91. The molecule has 0 atom stereocenters. The van der Waals surface area contributed by atoms with Gasteiger partial charge in [-0.3, -0.25) is 4.79 Å². The Bertz CT molecular complexity index is 1470. The summed E-state index contributed by atoms with van der Waals surface area (Å²) in [6, 6.07) is 13.2. The van der Waals surface area contributed by atoms with E-state index in [2.05, 4.69) is 20.6 Å². The number of furan rings is 1. The number of hydrogen-bond donors (Lipinski definition) is 3. The third-order valence-corrected chi connectivity index (χ3v) is 5.24. The zero-order chi connectivity index (χ0) is 22.4. The van der Waals surface area contributed by atoms with Crippen molar-refractivity contribution >= 4 is 56.8 Å². The number of nitrogens with one attached hydrogen (secondary N) is 3. The largest absolute Gasteiger partial charge is 0.460 e. The summed E-state index contributed by atoms with van der Waals surface area (Å²) in [5.41, 5.74) is 2.24. The summed E-state index contributed by atoms with van der Waals surface area (Å²) in [6.45, 7) is 1.76. The Morgan fingerprint density at radius 2 is 1.91 bits per heavy atom. The Morgan fingerprint density at radius 1 is 1.12 bits per heavy atom. The number of carbonyl (C=O) groups excluding carboxylic acids is 1. The number of imidazole rings is 1. The molecule has 0 aliphatic heterocycles. The smallest absolute Gasteiger partial charge is 0.259 e. The lowest BCUT2D eigenvalue weighted by atomic mass is 10.1. The van der Waals surface area contributed by atoms with Crippen LogP contribution >= 0.6 is 11.6 Å². The minimum atomic E-state index is -0.526. The highest BCUT2D eigenvalue weighted by atomic mass is 35.5. The standard InChI is InChI=1S/C23H15ClF2N4O2/c1-11-9-14-19-18(28-23(29-19)30-20-16(24)3-2-4-17(20)26)10-15(21(14)32-11)22(31)27-13-7-5-12(25)6-8-13/h2-10H,1H3,(H,27,31)(H2,28,29,30). The lowest BCUT2D eigenvalue weighted by Crippen LogP contribution is -2.12. The summed E-state index contributed by atoms with van der Waals surface area (Å²) in [5, 5.41) is 6.41. The molecule has 160 valence electrons. The van der Waals surface area contributed by atoms with Crippen LogP contribution in [0.4, 0.5) is 26.1 Å². The van der Waals surface area contributed by atoms with Crippen molar-refractivity contribution in [2.45, 2.75) is 6.92 Å². The summed E-state index contributed by atoms with van der Waals surface area (Å²) in [4.78, 5) is 20.5. The molecule has 3 N–H and O–H groups in total. The molecule has 0 aliphatic carbocycles. The molecule has 0 saturated heterocycles. The molecule has 9 heteroatoms. The molecule has 2 aromatic heterocycles. The van der Waals surface area contributed by atoms with E-state index in [1.807, 2.05) is 0 Å². The zero-order valence-electron chi connectivity index (χ0n) is 16.6. The lowest BCUT2D eigenvalue weighted by molar-refractivity contribution is 0.102. The molecule has 6 nitrogen and oxygen atoms in total. The highest BCUT2D eigenvalue weighted by Gasteiger charge is 2.20. The molecule has 0 spiro atoms. The van der Waals surface area contributed by atoms with Crippen LogP contribution in [-0.4, -0.2) is 15.9 Å². The molecule has 2 heterocycles. The second kappa shape index (κ2) is 7.65. The molecule has 1 amide bonds. The number of benzene rings is 3. The number of H-pyrrole nitrogens is 1. The van der Waals surface area contributed by atoms with Crippen LogP contribution in [0.25, 0.3) is 22.0 Å². The second-order valence-corrected chi connectivity index (χ2v) is 7.60. The van der Waals surface area contributed by atoms with Gasteiger partial charge in [0.2, 0.25) is 5.95 Å². The van der Waals surface area contributed by atoms with Crippen LogP contribution in [0.3, 0.4) is 0 Å². The summed E-state index contributed by atoms with van der Waals surface area (Å²) in [6.07, 6.45) is 0. The van der Waals surface area contributed by atoms with Gasteiger partial charge in [0, 0.05) is 11.1 Å². The van der Waals surface area contributed by atoms with E-state index in [4.69, 9.17) is 16.0 Å². The molecular weight excluding hydrogens is 438 g/mol. The SMILES string of the molecule is Cc1cc2c(o1)c(C(=O)Nc1ccc(F)cc1)cc1[nH]c(Nc3c(F)cccc3Cl)nc12. The maximum absolute atomic E-state index is 14.2. The number of halogens is 3. The number of rotatable bonds is 4. The minimum absolute atomic E-state index is 0.0853. The highest BCUT2D eigenvalue weighted by molar-refractivity contribution is 6.33. The van der Waals surface area contributed by atoms with E-state index in [0.29, 0.717) is 33.5 Å². The van der Waals surface area contributed by atoms with Crippen molar-refractivity contribution in [2.75, 3.05) is 10.6 Å². The summed E-state index contributed by atoms with van der Waals surface area (Å²) in [5.74, 6) is -0.511. The molecule has 5 rings (SSSR count). The number of para-hydroxylation sites is 1. The van der Waals surface area contributed by atoms with Crippen LogP contribution in [0.1, 0.15) is 16.1 Å². The molecule has 0 bridgehead atoms. The fourth-order valence-corrected chi connectivity index (χ4v) is 3.70. The van der Waals surface area contributed by atoms with Gasteiger partial charge in [-0.2, -0.15) is 0 Å². The monoisotopic (exact) mass is 452 g/mol. The molecule has 32 heavy (non-hydrogen) atoms. The fraction of sp³-hybridized carbons (Fsp3) is 0.0435. The predicted octanol–water partition coefficient (Wildman–Crippen LogP) is 6.55. The Morgan fingerprint density at radius 3 is 2.66 bits per heavy atom. The van der Waals surface area contributed by atoms with Crippen LogP contribution in [0, 0.1) is 18.6 Å². The van der Waals surface area contributed by atoms with Crippen LogP contribution in [0.5, 0.6) is 0 Å². The van der Waals surface area contributed by atoms with Gasteiger partial charge in [0.05, 0.1) is 21.8 Å². The maximum Gasteiger partial charge on any atom is 0.259 e. The zero-order valence-corrected chi connectivity index (χ0v) is 17.3. The van der Waals surface area contributed by atoms with Crippen LogP contribution in [-0.2, 0) is 0 Å². The number of anilines is 3. The van der Waals surface area contributed by atoms with Gasteiger partial charge in [0.25, 0.3) is 5.91 Å². The Labute approximate surface area is 185 Å². The molecule has 5 aromatic rings. The van der Waals surface area contributed by atoms with E-state index in [-0.39, 0.29) is 22.2 Å². The number of amides is 1. The van der Waals surface area contributed by atoms with Crippen molar-refractivity contribution in [1.29, 1.82) is 0 Å². The quantitative estimate of drug-likeness (QED) is 0.289. The number of hydrogen-bond acceptors (Lipinski definition) is 4. The van der Waals surface area contributed by atoms with Crippen LogP contribution in [0.15, 0.2) is 59.0 Å². The first-order chi connectivity index (χ1) is 15.4. The molecule has 0 unspecified atom stereocenters. The Kier molecular flexibility index (Phi) is 4.79. The molecular formula is C23H15ClF2N4O2. The second-order valence-electron chi connectivity index (χ2n) is 7.19. The highest BCUT2D eigenvalue weighted by Crippen LogP contribution is 2.33. The summed E-state index contributed by atoms with van der Waals surface area (Å²) < 4.78 is 33.1. The van der Waals surface area contributed by atoms with E-state index < -0.39 is 17.5 Å². The van der Waals surface area contributed by atoms with Gasteiger partial charge in [-0.15, -0.1) is 0 Å². The average molecular weight is 453 g/mol. The first-order valence-electron chi connectivity index (χ1n) is 9.60. The summed E-state index contributed by atoms with van der Waals surface area (Å²) in [7, 11) is 0. The molecule has 3 aromatic carbocycles. The van der Waals surface area contributed by atoms with Gasteiger partial charge in [-0.05, 0) is 55.5 Å². The first-order valence-corrected chi connectivity index (χ1v) is 9.97. The van der Waals surface area contributed by atoms with Gasteiger partial charge in [-0.25, -0.2) is 13.8 Å². The van der Waals surface area contributed by atoms with Gasteiger partial charge in [-0.1, -0.05) is 17.7 Å². The fourth-order valence-electron chi connectivity index (χ4n) is 3.49. The van der Waals surface area contributed by atoms with Crippen molar-refractivity contribution in [3.05, 3.63) is 82.6 Å². The van der Waals surface area contributed by atoms with Crippen molar-refractivity contribution in [2.24, 2.45) is 0 Å². The Balaban J connectivity index is 1.58. The minimum Gasteiger partial charge on any atom is -0.460 e. The van der Waals surface area contributed by atoms with Crippen molar-refractivity contribution in [3.8, 4) is 0 Å². The van der Waals surface area contributed by atoms with E-state index in [1.54, 1.807) is 25.1 Å². The van der Waals surface area contributed by atoms with Gasteiger partial charge < -0.3 is 20.0 Å². The maximum atomic E-state index is 14.2. The first kappa shape index (κ1) is 20.0. The average Bonchev–Trinajstić information content (AvgIpc) is 3.34. The number of aromatic amines is 1. The normalized spacial score (nSPS) is 11.2. The topological polar surface area (TPSA) is 83.0 Å². The number of aromatic nitrogens is 2. The van der Waals surface area contributed by atoms with Crippen molar-refractivity contribution in [3.63, 3.8) is 0 Å². The molecule has 0 aliphatic rings. The molecule has 0 radical (unpaired) electrons. The number of nitrogens with zero attached hydrogens (tertiary/aromatic N) is 1. The molecule has 0 saturated carbocycles. The van der Waals surface area contributed by atoms with Crippen LogP contribution in [0.2, 0.25) is 5.02 Å². The van der Waals surface area contributed by atoms with Crippen molar-refractivity contribution < 1.29 is 18.0 Å². The van der Waals surface area contributed by atoms with Gasteiger partial charge >= 0.3 is 0 Å². The number of fused-ring (bicyclic) bond motifs is 3. The van der Waals surface area contributed by atoms with Crippen molar-refractivity contribution in [1.82, 2.24) is 9.97 Å². The number of carbonyl (C=O) groups is 1. The third kappa shape index (κ3) is 3.54. The molecule has 0 fully saturated rings. The van der Waals surface area contributed by atoms with Gasteiger partial charge in [0.15, 0.2) is 0 Å². The van der Waals surface area contributed by atoms with E-state index in [9.17, 15) is 13.6 Å². The predicted molar refractivity (Wildman–Crippen MR) is 120 cm³/mol. The summed E-state index contributed by atoms with van der Waals surface area (Å²) >= 11 is 6.09.